The third-order valence-electron chi connectivity index (χ3n) is 1.93. The second-order valence-corrected chi connectivity index (χ2v) is 3.11. The van der Waals surface area contributed by atoms with Crippen LogP contribution >= 0.6 is 0 Å². The van der Waals surface area contributed by atoms with Crippen molar-refractivity contribution in [2.24, 2.45) is 16.8 Å². The Labute approximate surface area is 86.3 Å². The van der Waals surface area contributed by atoms with E-state index in [2.05, 4.69) is 20.7 Å². The van der Waals surface area contributed by atoms with Crippen LogP contribution in [-0.2, 0) is 0 Å². The van der Waals surface area contributed by atoms with Gasteiger partial charge in [0.05, 0.1) is 0 Å². The molecule has 0 radical (unpaired) electrons. The predicted molar refractivity (Wildman–Crippen MR) is 53.5 cm³/mol. The normalized spacial score (nSPS) is 13.5. The monoisotopic (exact) mass is 211 g/mol. The summed E-state index contributed by atoms with van der Waals surface area (Å²) >= 11 is 0. The van der Waals surface area contributed by atoms with Crippen LogP contribution in [0, 0.1) is 5.92 Å². The fraction of sp³-hybridized carbons (Fsp3) is 0.375. The topological polar surface area (TPSA) is 116 Å². The Kier molecular flexibility index (Phi) is 3.67. The van der Waals surface area contributed by atoms with Crippen molar-refractivity contribution < 1.29 is 10.0 Å². The molecular weight excluding hydrogens is 198 g/mol. The highest BCUT2D eigenvalue weighted by Crippen LogP contribution is 1.95. The molecular formula is C8H13N5O2. The van der Waals surface area contributed by atoms with Gasteiger partial charge in [-0.05, 0) is 6.07 Å². The molecule has 0 saturated heterocycles. The number of carbonyl (C=O) groups excluding carboxylic acids is 1. The SMILES string of the molecule is CC(CNC(=O)c1ccn[nH]1)C(N)=NO. The van der Waals surface area contributed by atoms with E-state index in [0.29, 0.717) is 12.2 Å². The third kappa shape index (κ3) is 2.97. The summed E-state index contributed by atoms with van der Waals surface area (Å²) in [6, 6.07) is 1.56. The molecule has 1 heterocycles. The van der Waals surface area contributed by atoms with E-state index in [-0.39, 0.29) is 17.7 Å². The maximum atomic E-state index is 11.4. The van der Waals surface area contributed by atoms with E-state index in [9.17, 15) is 4.79 Å². The molecule has 1 amide bonds. The van der Waals surface area contributed by atoms with E-state index in [1.54, 1.807) is 13.0 Å². The molecule has 15 heavy (non-hydrogen) atoms. The Morgan fingerprint density at radius 3 is 3.13 bits per heavy atom. The first-order valence-electron chi connectivity index (χ1n) is 4.40. The van der Waals surface area contributed by atoms with E-state index >= 15 is 0 Å². The molecule has 0 aliphatic heterocycles. The number of nitrogens with one attached hydrogen (secondary N) is 2. The first kappa shape index (κ1) is 11.0. The number of nitrogens with zero attached hydrogens (tertiary/aromatic N) is 2. The standard InChI is InChI=1S/C8H13N5O2/c1-5(7(9)13-15)4-10-8(14)6-2-3-11-12-6/h2-3,5,15H,4H2,1H3,(H2,9,13)(H,10,14)(H,11,12). The maximum Gasteiger partial charge on any atom is 0.269 e. The summed E-state index contributed by atoms with van der Waals surface area (Å²) in [4.78, 5) is 11.4. The van der Waals surface area contributed by atoms with Gasteiger partial charge < -0.3 is 16.3 Å². The van der Waals surface area contributed by atoms with Crippen molar-refractivity contribution in [2.45, 2.75) is 6.92 Å². The number of carbonyl (C=O) groups is 1. The molecule has 0 aliphatic carbocycles. The van der Waals surface area contributed by atoms with Gasteiger partial charge in [-0.1, -0.05) is 12.1 Å². The van der Waals surface area contributed by atoms with E-state index in [1.165, 1.54) is 6.20 Å². The Bertz CT molecular complexity index is 346. The summed E-state index contributed by atoms with van der Waals surface area (Å²) in [7, 11) is 0. The number of hydrogen-bond acceptors (Lipinski definition) is 4. The van der Waals surface area contributed by atoms with Gasteiger partial charge in [0.25, 0.3) is 5.91 Å². The lowest BCUT2D eigenvalue weighted by atomic mass is 10.1. The lowest BCUT2D eigenvalue weighted by Gasteiger charge is -2.09. The minimum atomic E-state index is -0.273. The molecule has 5 N–H and O–H groups in total. The zero-order valence-corrected chi connectivity index (χ0v) is 8.27. The van der Waals surface area contributed by atoms with Crippen LogP contribution in [0.15, 0.2) is 17.4 Å². The van der Waals surface area contributed by atoms with Gasteiger partial charge in [-0.3, -0.25) is 9.89 Å². The summed E-state index contributed by atoms with van der Waals surface area (Å²) in [5.74, 6) is -0.410. The van der Waals surface area contributed by atoms with Crippen molar-refractivity contribution in [2.75, 3.05) is 6.54 Å². The summed E-state index contributed by atoms with van der Waals surface area (Å²) in [5, 5.41) is 20.0. The van der Waals surface area contributed by atoms with Gasteiger partial charge in [-0.2, -0.15) is 5.10 Å². The van der Waals surface area contributed by atoms with Gasteiger partial charge in [0, 0.05) is 18.7 Å². The van der Waals surface area contributed by atoms with E-state index in [1.807, 2.05) is 0 Å². The third-order valence-corrected chi connectivity index (χ3v) is 1.93. The van der Waals surface area contributed by atoms with Crippen molar-refractivity contribution >= 4 is 11.7 Å². The van der Waals surface area contributed by atoms with Crippen molar-refractivity contribution in [3.05, 3.63) is 18.0 Å². The summed E-state index contributed by atoms with van der Waals surface area (Å²) in [6.45, 7) is 2.04. The second-order valence-electron chi connectivity index (χ2n) is 3.11. The molecule has 0 fully saturated rings. The molecule has 0 spiro atoms. The highest BCUT2D eigenvalue weighted by Gasteiger charge is 2.11. The van der Waals surface area contributed by atoms with Crippen LogP contribution in [0.25, 0.3) is 0 Å². The Morgan fingerprint density at radius 2 is 2.60 bits per heavy atom. The maximum absolute atomic E-state index is 11.4. The average molecular weight is 211 g/mol. The fourth-order valence-electron chi connectivity index (χ4n) is 0.926. The first-order valence-corrected chi connectivity index (χ1v) is 4.40. The Hall–Kier alpha value is -2.05. The first-order chi connectivity index (χ1) is 7.15. The van der Waals surface area contributed by atoms with Crippen LogP contribution in [-0.4, -0.2) is 33.7 Å². The predicted octanol–water partition coefficient (Wildman–Crippen LogP) is -0.478. The minimum absolute atomic E-state index is 0.0833. The lowest BCUT2D eigenvalue weighted by molar-refractivity contribution is 0.0946. The highest BCUT2D eigenvalue weighted by atomic mass is 16.4. The molecule has 0 bridgehead atoms. The number of aromatic nitrogens is 2. The van der Waals surface area contributed by atoms with Gasteiger partial charge in [0.2, 0.25) is 0 Å². The van der Waals surface area contributed by atoms with Gasteiger partial charge in [0.15, 0.2) is 0 Å². The molecule has 7 nitrogen and oxygen atoms in total. The average Bonchev–Trinajstić information content (AvgIpc) is 2.77. The second kappa shape index (κ2) is 4.99. The molecule has 1 rings (SSSR count). The minimum Gasteiger partial charge on any atom is -0.409 e. The number of aromatic amines is 1. The molecule has 0 aromatic carbocycles. The van der Waals surface area contributed by atoms with Crippen LogP contribution in [0.2, 0.25) is 0 Å². The summed E-state index contributed by atoms with van der Waals surface area (Å²) < 4.78 is 0. The molecule has 82 valence electrons. The molecule has 1 aromatic heterocycles. The summed E-state index contributed by atoms with van der Waals surface area (Å²) in [5.41, 5.74) is 5.73. The van der Waals surface area contributed by atoms with E-state index in [4.69, 9.17) is 10.9 Å². The molecule has 1 unspecified atom stereocenters. The highest BCUT2D eigenvalue weighted by molar-refractivity contribution is 5.92. The van der Waals surface area contributed by atoms with Crippen LogP contribution in [0.4, 0.5) is 0 Å². The van der Waals surface area contributed by atoms with Crippen LogP contribution in [0.3, 0.4) is 0 Å². The number of oxime groups is 1. The molecule has 7 heteroatoms. The molecule has 0 aliphatic rings. The molecule has 1 aromatic rings. The quantitative estimate of drug-likeness (QED) is 0.233. The van der Waals surface area contributed by atoms with Crippen LogP contribution in [0.1, 0.15) is 17.4 Å². The number of H-pyrrole nitrogens is 1. The number of rotatable bonds is 4. The van der Waals surface area contributed by atoms with Gasteiger partial charge >= 0.3 is 0 Å². The number of amides is 1. The smallest absolute Gasteiger partial charge is 0.269 e. The van der Waals surface area contributed by atoms with Gasteiger partial charge in [0.1, 0.15) is 11.5 Å². The number of amidine groups is 1. The summed E-state index contributed by atoms with van der Waals surface area (Å²) in [6.07, 6.45) is 1.49. The van der Waals surface area contributed by atoms with Crippen molar-refractivity contribution in [3.63, 3.8) is 0 Å². The Balaban J connectivity index is 2.41. The van der Waals surface area contributed by atoms with E-state index < -0.39 is 0 Å². The van der Waals surface area contributed by atoms with Crippen molar-refractivity contribution in [3.8, 4) is 0 Å². The van der Waals surface area contributed by atoms with Gasteiger partial charge in [-0.25, -0.2) is 0 Å². The van der Waals surface area contributed by atoms with Gasteiger partial charge in [-0.15, -0.1) is 0 Å². The largest absolute Gasteiger partial charge is 0.409 e. The lowest BCUT2D eigenvalue weighted by Crippen LogP contribution is -2.34. The Morgan fingerprint density at radius 1 is 1.87 bits per heavy atom. The van der Waals surface area contributed by atoms with Crippen molar-refractivity contribution in [1.29, 1.82) is 0 Å². The van der Waals surface area contributed by atoms with Crippen LogP contribution < -0.4 is 11.1 Å². The van der Waals surface area contributed by atoms with Crippen molar-refractivity contribution in [1.82, 2.24) is 15.5 Å². The van der Waals surface area contributed by atoms with E-state index in [0.717, 1.165) is 0 Å². The molecule has 1 atom stereocenters. The molecule has 0 saturated carbocycles. The fourth-order valence-corrected chi connectivity index (χ4v) is 0.926. The number of nitrogens with two attached hydrogens (primary N) is 1. The number of hydrogen-bond donors (Lipinski definition) is 4. The zero-order chi connectivity index (χ0) is 11.3. The van der Waals surface area contributed by atoms with Crippen LogP contribution in [0.5, 0.6) is 0 Å². The zero-order valence-electron chi connectivity index (χ0n) is 8.27.